The number of aliphatic imine (C=N–C) groups is 1. The van der Waals surface area contributed by atoms with Gasteiger partial charge in [-0.1, -0.05) is 135 Å². The van der Waals surface area contributed by atoms with E-state index in [0.717, 1.165) is 66.8 Å². The fourth-order valence-corrected chi connectivity index (χ4v) is 9.54. The number of aromatic nitrogens is 1. The highest BCUT2D eigenvalue weighted by Gasteiger charge is 2.38. The molecule has 4 nitrogen and oxygen atoms in total. The Kier molecular flexibility index (Phi) is 7.61. The van der Waals surface area contributed by atoms with E-state index in [-0.39, 0.29) is 5.41 Å². The van der Waals surface area contributed by atoms with Crippen molar-refractivity contribution in [3.8, 4) is 27.9 Å². The number of hydrogen-bond donors (Lipinski definition) is 0. The molecule has 0 bridgehead atoms. The first kappa shape index (κ1) is 34.1. The van der Waals surface area contributed by atoms with Crippen LogP contribution in [0.2, 0.25) is 0 Å². The molecule has 11 rings (SSSR count). The molecule has 0 N–H and O–H groups in total. The Bertz CT molecular complexity index is 3340. The highest BCUT2D eigenvalue weighted by Crippen LogP contribution is 2.51. The molecule has 3 heterocycles. The molecule has 58 heavy (non-hydrogen) atoms. The van der Waals surface area contributed by atoms with Crippen molar-refractivity contribution >= 4 is 56.1 Å². The van der Waals surface area contributed by atoms with Gasteiger partial charge < -0.3 is 13.9 Å². The van der Waals surface area contributed by atoms with Crippen LogP contribution in [0.25, 0.3) is 72.6 Å². The maximum atomic E-state index is 6.72. The smallest absolute Gasteiger partial charge is 0.145 e. The van der Waals surface area contributed by atoms with Crippen molar-refractivity contribution in [1.82, 2.24) is 4.57 Å². The van der Waals surface area contributed by atoms with Crippen molar-refractivity contribution in [3.63, 3.8) is 0 Å². The highest BCUT2D eigenvalue weighted by atomic mass is 16.3. The molecule has 0 saturated heterocycles. The van der Waals surface area contributed by atoms with Gasteiger partial charge in [0, 0.05) is 45.4 Å². The van der Waals surface area contributed by atoms with Crippen LogP contribution in [0.4, 0.5) is 5.69 Å². The van der Waals surface area contributed by atoms with E-state index in [1.165, 1.54) is 44.1 Å². The van der Waals surface area contributed by atoms with E-state index >= 15 is 0 Å². The number of para-hydroxylation sites is 3. The molecule has 0 radical (unpaired) electrons. The Morgan fingerprint density at radius 3 is 2.12 bits per heavy atom. The lowest BCUT2D eigenvalue weighted by Crippen LogP contribution is -2.34. The molecule has 0 fully saturated rings. The zero-order valence-corrected chi connectivity index (χ0v) is 33.0. The minimum Gasteiger partial charge on any atom is -0.456 e. The van der Waals surface area contributed by atoms with Crippen LogP contribution >= 0.6 is 0 Å². The zero-order chi connectivity index (χ0) is 39.1. The van der Waals surface area contributed by atoms with Crippen LogP contribution in [-0.2, 0) is 5.41 Å². The van der Waals surface area contributed by atoms with Crippen LogP contribution in [0.5, 0.6) is 0 Å². The summed E-state index contributed by atoms with van der Waals surface area (Å²) < 4.78 is 9.08. The quantitative estimate of drug-likeness (QED) is 0.180. The molecule has 0 saturated carbocycles. The minimum atomic E-state index is -0.120. The number of nitrogens with zero attached hydrogens (tertiary/aromatic N) is 3. The highest BCUT2D eigenvalue weighted by molar-refractivity contribution is 6.23. The Labute approximate surface area is 337 Å². The van der Waals surface area contributed by atoms with Crippen LogP contribution in [0.1, 0.15) is 43.0 Å². The summed E-state index contributed by atoms with van der Waals surface area (Å²) in [5, 5.41) is 4.45. The summed E-state index contributed by atoms with van der Waals surface area (Å²) in [7, 11) is 2.13. The summed E-state index contributed by atoms with van der Waals surface area (Å²) in [6.07, 6.45) is 6.15. The predicted molar refractivity (Wildman–Crippen MR) is 242 cm³/mol. The van der Waals surface area contributed by atoms with Gasteiger partial charge in [-0.05, 0) is 94.9 Å². The second kappa shape index (κ2) is 12.9. The molecule has 0 amide bonds. The first-order valence-electron chi connectivity index (χ1n) is 20.1. The van der Waals surface area contributed by atoms with Gasteiger partial charge in [0.05, 0.1) is 27.7 Å². The summed E-state index contributed by atoms with van der Waals surface area (Å²) in [4.78, 5) is 7.93. The number of anilines is 1. The fourth-order valence-electron chi connectivity index (χ4n) is 9.54. The standard InChI is InChI=1S/C54H41N3O/c1-5-6-27-49-51(53-55-52(39-21-12-14-25-45(39)56(53)4)40-22-16-24-44-50(40)38-20-10-13-23-43(38)54(44,2)3)42-33-35(29-31-48(42)58-49)34-28-30-47-41(32-34)37-19-11-15-26-46(37)57(47)36-17-8-7-9-18-36/h5-33H,1-4H3/b6-5-,49-27+,53-51-. The molecule has 1 aliphatic carbocycles. The van der Waals surface area contributed by atoms with E-state index in [2.05, 4.69) is 194 Å². The average Bonchev–Trinajstić information content (AvgIpc) is 3.88. The van der Waals surface area contributed by atoms with Crippen LogP contribution in [-0.4, -0.2) is 17.3 Å². The number of furan rings is 1. The van der Waals surface area contributed by atoms with Gasteiger partial charge in [0.25, 0.3) is 0 Å². The summed E-state index contributed by atoms with van der Waals surface area (Å²) in [6.45, 7) is 6.70. The molecule has 0 unspecified atom stereocenters. The molecular formula is C54H41N3O. The van der Waals surface area contributed by atoms with E-state index in [0.29, 0.717) is 0 Å². The lowest BCUT2D eigenvalue weighted by molar-refractivity contribution is 0.575. The first-order chi connectivity index (χ1) is 28.4. The van der Waals surface area contributed by atoms with Crippen LogP contribution in [0, 0.1) is 0 Å². The van der Waals surface area contributed by atoms with E-state index in [4.69, 9.17) is 9.41 Å². The lowest BCUT2D eigenvalue weighted by atomic mass is 9.82. The van der Waals surface area contributed by atoms with Crippen LogP contribution < -0.4 is 15.5 Å². The van der Waals surface area contributed by atoms with Gasteiger partial charge in [-0.2, -0.15) is 0 Å². The number of hydrogen-bond acceptors (Lipinski definition) is 3. The molecule has 278 valence electrons. The molecule has 2 aromatic heterocycles. The molecule has 7 aromatic carbocycles. The number of benzene rings is 7. The minimum absolute atomic E-state index is 0.120. The predicted octanol–water partition coefficient (Wildman–Crippen LogP) is 11.9. The zero-order valence-electron chi connectivity index (χ0n) is 33.0. The Balaban J connectivity index is 1.17. The normalized spacial score (nSPS) is 15.7. The second-order valence-corrected chi connectivity index (χ2v) is 15.9. The SMILES string of the molecule is C\C=C/C=c1/oc2ccc(-c3ccc4c(c3)c3ccccc3n4-c3ccccc3)cc2/c1=C1\N=C(c2cccc3c2-c2ccccc2C3(C)C)c2ccccc2N1C. The van der Waals surface area contributed by atoms with E-state index in [1.807, 2.05) is 19.1 Å². The molecule has 2 aliphatic rings. The van der Waals surface area contributed by atoms with Gasteiger partial charge in [0.2, 0.25) is 0 Å². The maximum Gasteiger partial charge on any atom is 0.145 e. The summed E-state index contributed by atoms with van der Waals surface area (Å²) in [6, 6.07) is 57.0. The first-order valence-corrected chi connectivity index (χ1v) is 20.1. The molecule has 0 spiro atoms. The van der Waals surface area contributed by atoms with Gasteiger partial charge in [-0.25, -0.2) is 4.99 Å². The van der Waals surface area contributed by atoms with Crippen molar-refractivity contribution in [3.05, 3.63) is 203 Å². The molecular weight excluding hydrogens is 707 g/mol. The van der Waals surface area contributed by atoms with Crippen LogP contribution in [0.15, 0.2) is 179 Å². The van der Waals surface area contributed by atoms with E-state index in [1.54, 1.807) is 0 Å². The molecule has 0 atom stereocenters. The number of rotatable bonds is 4. The monoisotopic (exact) mass is 747 g/mol. The molecule has 1 aliphatic heterocycles. The van der Waals surface area contributed by atoms with Crippen molar-refractivity contribution in [2.75, 3.05) is 11.9 Å². The van der Waals surface area contributed by atoms with Gasteiger partial charge in [-0.3, -0.25) is 0 Å². The molecule has 4 heteroatoms. The van der Waals surface area contributed by atoms with Gasteiger partial charge >= 0.3 is 0 Å². The largest absolute Gasteiger partial charge is 0.456 e. The van der Waals surface area contributed by atoms with E-state index in [9.17, 15) is 0 Å². The third-order valence-corrected chi connectivity index (χ3v) is 12.3. The van der Waals surface area contributed by atoms with Crippen LogP contribution in [0.3, 0.4) is 0 Å². The summed E-state index contributed by atoms with van der Waals surface area (Å²) >= 11 is 0. The maximum absolute atomic E-state index is 6.72. The van der Waals surface area contributed by atoms with Gasteiger partial charge in [0.15, 0.2) is 0 Å². The average molecular weight is 748 g/mol. The molecule has 9 aromatic rings. The van der Waals surface area contributed by atoms with Crippen molar-refractivity contribution in [2.24, 2.45) is 4.99 Å². The topological polar surface area (TPSA) is 33.7 Å². The third-order valence-electron chi connectivity index (χ3n) is 12.3. The Morgan fingerprint density at radius 2 is 1.28 bits per heavy atom. The van der Waals surface area contributed by atoms with Gasteiger partial charge in [-0.15, -0.1) is 0 Å². The second-order valence-electron chi connectivity index (χ2n) is 15.9. The van der Waals surface area contributed by atoms with E-state index < -0.39 is 0 Å². The summed E-state index contributed by atoms with van der Waals surface area (Å²) in [5.74, 6) is 0.852. The Morgan fingerprint density at radius 1 is 0.603 bits per heavy atom. The van der Waals surface area contributed by atoms with Crippen molar-refractivity contribution in [2.45, 2.75) is 26.2 Å². The summed E-state index contributed by atoms with van der Waals surface area (Å²) in [5.41, 5.74) is 16.8. The van der Waals surface area contributed by atoms with Crippen molar-refractivity contribution < 1.29 is 4.42 Å². The number of allylic oxidation sites excluding steroid dienone is 2. The van der Waals surface area contributed by atoms with Gasteiger partial charge in [0.1, 0.15) is 16.8 Å². The van der Waals surface area contributed by atoms with Crippen molar-refractivity contribution in [1.29, 1.82) is 0 Å². The third kappa shape index (κ3) is 4.98. The number of fused-ring (bicyclic) bond motifs is 8. The fraction of sp³-hybridized carbons (Fsp3) is 0.0926. The Hall–Kier alpha value is -7.17. The lowest BCUT2D eigenvalue weighted by Gasteiger charge is -2.29.